The summed E-state index contributed by atoms with van der Waals surface area (Å²) in [5, 5.41) is 17.9. The van der Waals surface area contributed by atoms with Gasteiger partial charge in [0.1, 0.15) is 18.0 Å². The van der Waals surface area contributed by atoms with Crippen molar-refractivity contribution in [2.45, 2.75) is 20.4 Å². The summed E-state index contributed by atoms with van der Waals surface area (Å²) in [7, 11) is 0. The second kappa shape index (κ2) is 8.22. The van der Waals surface area contributed by atoms with Crippen molar-refractivity contribution in [3.8, 4) is 11.5 Å². The molecule has 0 aliphatic carbocycles. The molecule has 3 aromatic rings. The topological polar surface area (TPSA) is 99.3 Å². The average molecular weight is 445 g/mol. The number of nitro benzene ring substituents is 1. The van der Waals surface area contributed by atoms with E-state index in [2.05, 4.69) is 26.3 Å². The molecule has 0 atom stereocenters. The minimum Gasteiger partial charge on any atom is -0.457 e. The van der Waals surface area contributed by atoms with Gasteiger partial charge in [-0.15, -0.1) is 0 Å². The molecule has 144 valence electrons. The van der Waals surface area contributed by atoms with Gasteiger partial charge in [-0.3, -0.25) is 19.6 Å². The van der Waals surface area contributed by atoms with E-state index in [1.54, 1.807) is 18.5 Å². The largest absolute Gasteiger partial charge is 0.457 e. The van der Waals surface area contributed by atoms with Crippen LogP contribution in [0.15, 0.2) is 53.3 Å². The van der Waals surface area contributed by atoms with E-state index in [0.29, 0.717) is 5.75 Å². The fraction of sp³-hybridized carbons (Fsp3) is 0.158. The molecule has 1 heterocycles. The number of halogens is 1. The van der Waals surface area contributed by atoms with Crippen LogP contribution in [-0.2, 0) is 11.3 Å². The van der Waals surface area contributed by atoms with Crippen molar-refractivity contribution in [1.82, 2.24) is 9.78 Å². The number of non-ortho nitro benzene ring substituents is 1. The fourth-order valence-electron chi connectivity index (χ4n) is 2.54. The molecule has 0 aliphatic rings. The van der Waals surface area contributed by atoms with Crippen molar-refractivity contribution >= 4 is 33.2 Å². The smallest absolute Gasteiger partial charge is 0.275 e. The Kier molecular flexibility index (Phi) is 5.74. The van der Waals surface area contributed by atoms with Gasteiger partial charge in [-0.2, -0.15) is 5.10 Å². The van der Waals surface area contributed by atoms with E-state index in [0.717, 1.165) is 15.6 Å². The molecule has 1 N–H and O–H groups in total. The third-order valence-corrected chi connectivity index (χ3v) is 4.27. The molecule has 2 aromatic carbocycles. The fourth-order valence-corrected chi connectivity index (χ4v) is 2.86. The van der Waals surface area contributed by atoms with E-state index in [-0.39, 0.29) is 29.6 Å². The van der Waals surface area contributed by atoms with Crippen LogP contribution in [0.25, 0.3) is 0 Å². The molecule has 28 heavy (non-hydrogen) atoms. The molecular weight excluding hydrogens is 428 g/mol. The highest BCUT2D eigenvalue weighted by Crippen LogP contribution is 2.31. The zero-order valence-electron chi connectivity index (χ0n) is 15.2. The Morgan fingerprint density at radius 3 is 2.75 bits per heavy atom. The maximum Gasteiger partial charge on any atom is 0.275 e. The van der Waals surface area contributed by atoms with Crippen molar-refractivity contribution < 1.29 is 14.5 Å². The average Bonchev–Trinajstić information content (AvgIpc) is 3.02. The molecule has 1 aromatic heterocycles. The molecule has 3 rings (SSSR count). The number of aromatic nitrogens is 2. The van der Waals surface area contributed by atoms with Crippen molar-refractivity contribution in [2.75, 3.05) is 5.32 Å². The molecule has 1 amide bonds. The van der Waals surface area contributed by atoms with E-state index in [1.165, 1.54) is 16.8 Å². The highest BCUT2D eigenvalue weighted by atomic mass is 79.9. The molecule has 8 nitrogen and oxygen atoms in total. The number of rotatable bonds is 6. The summed E-state index contributed by atoms with van der Waals surface area (Å²) in [6.07, 6.45) is 3.22. The monoisotopic (exact) mass is 444 g/mol. The Balaban J connectivity index is 1.83. The molecular formula is C19H17BrN4O4. The Labute approximate surface area is 169 Å². The molecule has 0 bridgehead atoms. The number of hydrogen-bond donors (Lipinski definition) is 1. The predicted octanol–water partition coefficient (Wildman–Crippen LogP) is 4.60. The maximum absolute atomic E-state index is 12.2. The lowest BCUT2D eigenvalue weighted by molar-refractivity contribution is -0.384. The second-order valence-electron chi connectivity index (χ2n) is 6.25. The number of aryl methyl sites for hydroxylation is 2. The number of nitro groups is 1. The maximum atomic E-state index is 12.2. The number of anilines is 1. The molecule has 9 heteroatoms. The van der Waals surface area contributed by atoms with Crippen LogP contribution in [-0.4, -0.2) is 20.6 Å². The summed E-state index contributed by atoms with van der Waals surface area (Å²) in [5.74, 6) is 0.494. The predicted molar refractivity (Wildman–Crippen MR) is 108 cm³/mol. The van der Waals surface area contributed by atoms with E-state index < -0.39 is 4.92 Å². The number of nitrogens with one attached hydrogen (secondary N) is 1. The third-order valence-electron chi connectivity index (χ3n) is 3.86. The van der Waals surface area contributed by atoms with Crippen molar-refractivity contribution in [1.29, 1.82) is 0 Å². The van der Waals surface area contributed by atoms with Crippen LogP contribution in [0.3, 0.4) is 0 Å². The van der Waals surface area contributed by atoms with Crippen LogP contribution in [0, 0.1) is 24.0 Å². The second-order valence-corrected chi connectivity index (χ2v) is 7.16. The molecule has 0 unspecified atom stereocenters. The highest BCUT2D eigenvalue weighted by Gasteiger charge is 2.14. The van der Waals surface area contributed by atoms with Crippen molar-refractivity contribution in [2.24, 2.45) is 0 Å². The van der Waals surface area contributed by atoms with E-state index >= 15 is 0 Å². The third kappa shape index (κ3) is 4.95. The van der Waals surface area contributed by atoms with Gasteiger partial charge in [0.15, 0.2) is 0 Å². The number of amides is 1. The summed E-state index contributed by atoms with van der Waals surface area (Å²) in [5.41, 5.74) is 1.99. The van der Waals surface area contributed by atoms with Gasteiger partial charge < -0.3 is 10.1 Å². The number of hydrogen-bond acceptors (Lipinski definition) is 5. The zero-order valence-corrected chi connectivity index (χ0v) is 16.8. The molecule has 0 fully saturated rings. The quantitative estimate of drug-likeness (QED) is 0.442. The highest BCUT2D eigenvalue weighted by molar-refractivity contribution is 9.10. The summed E-state index contributed by atoms with van der Waals surface area (Å²) in [4.78, 5) is 23.0. The summed E-state index contributed by atoms with van der Waals surface area (Å²) in [6, 6.07) is 9.87. The first-order chi connectivity index (χ1) is 13.3. The van der Waals surface area contributed by atoms with E-state index in [4.69, 9.17) is 4.74 Å². The standard InChI is InChI=1S/C19H17BrN4O4/c1-12-3-4-13(2)18(5-12)28-17-7-15(6-16(8-17)24(26)27)22-19(25)11-23-10-14(20)9-21-23/h3-10H,11H2,1-2H3,(H,22,25). The summed E-state index contributed by atoms with van der Waals surface area (Å²) in [6.45, 7) is 3.79. The summed E-state index contributed by atoms with van der Waals surface area (Å²) >= 11 is 3.26. The zero-order chi connectivity index (χ0) is 20.3. The Hall–Kier alpha value is -3.20. The Morgan fingerprint density at radius 1 is 1.29 bits per heavy atom. The van der Waals surface area contributed by atoms with Crippen LogP contribution >= 0.6 is 15.9 Å². The molecule has 0 aliphatic heterocycles. The number of carbonyl (C=O) groups is 1. The Bertz CT molecular complexity index is 1050. The molecule has 0 radical (unpaired) electrons. The van der Waals surface area contributed by atoms with Gasteiger partial charge in [0.25, 0.3) is 5.69 Å². The van der Waals surface area contributed by atoms with Gasteiger partial charge in [0.2, 0.25) is 5.91 Å². The van der Waals surface area contributed by atoms with Gasteiger partial charge in [-0.25, -0.2) is 0 Å². The SMILES string of the molecule is Cc1ccc(C)c(Oc2cc(NC(=O)Cn3cc(Br)cn3)cc([N+](=O)[O-])c2)c1. The van der Waals surface area contributed by atoms with Crippen LogP contribution in [0.4, 0.5) is 11.4 Å². The number of ether oxygens (including phenoxy) is 1. The molecule has 0 spiro atoms. The van der Waals surface area contributed by atoms with Crippen molar-refractivity contribution in [3.63, 3.8) is 0 Å². The lowest BCUT2D eigenvalue weighted by Gasteiger charge is -2.12. The van der Waals surface area contributed by atoms with Gasteiger partial charge in [-0.1, -0.05) is 12.1 Å². The molecule has 0 saturated carbocycles. The van der Waals surface area contributed by atoms with Crippen LogP contribution in [0.5, 0.6) is 11.5 Å². The van der Waals surface area contributed by atoms with Crippen LogP contribution in [0.1, 0.15) is 11.1 Å². The van der Waals surface area contributed by atoms with Crippen molar-refractivity contribution in [3.05, 3.63) is 74.5 Å². The molecule has 0 saturated heterocycles. The van der Waals surface area contributed by atoms with Crippen LogP contribution < -0.4 is 10.1 Å². The number of carbonyl (C=O) groups excluding carboxylic acids is 1. The lowest BCUT2D eigenvalue weighted by atomic mass is 10.1. The van der Waals surface area contributed by atoms with E-state index in [1.807, 2.05) is 32.0 Å². The lowest BCUT2D eigenvalue weighted by Crippen LogP contribution is -2.19. The van der Waals surface area contributed by atoms with Gasteiger partial charge in [-0.05, 0) is 47.0 Å². The van der Waals surface area contributed by atoms with Gasteiger partial charge in [0, 0.05) is 18.3 Å². The van der Waals surface area contributed by atoms with Gasteiger partial charge >= 0.3 is 0 Å². The minimum absolute atomic E-state index is 0.0263. The normalized spacial score (nSPS) is 10.5. The number of benzene rings is 2. The first-order valence-corrected chi connectivity index (χ1v) is 9.12. The van der Waals surface area contributed by atoms with Gasteiger partial charge in [0.05, 0.1) is 27.3 Å². The first kappa shape index (κ1) is 19.6. The summed E-state index contributed by atoms with van der Waals surface area (Å²) < 4.78 is 8.04. The number of nitrogens with zero attached hydrogens (tertiary/aromatic N) is 3. The minimum atomic E-state index is -0.532. The van der Waals surface area contributed by atoms with Crippen LogP contribution in [0.2, 0.25) is 0 Å². The Morgan fingerprint density at radius 2 is 2.07 bits per heavy atom. The first-order valence-electron chi connectivity index (χ1n) is 8.32. The van der Waals surface area contributed by atoms with E-state index in [9.17, 15) is 14.9 Å².